The summed E-state index contributed by atoms with van der Waals surface area (Å²) >= 11 is 0. The van der Waals surface area contributed by atoms with E-state index in [1.807, 2.05) is 11.1 Å². The van der Waals surface area contributed by atoms with Crippen molar-refractivity contribution in [3.8, 4) is 0 Å². The molecule has 100 valence electrons. The van der Waals surface area contributed by atoms with Gasteiger partial charge < -0.3 is 0 Å². The Balaban J connectivity index is 1.81. The molecule has 0 saturated heterocycles. The van der Waals surface area contributed by atoms with Crippen molar-refractivity contribution in [2.24, 2.45) is 0 Å². The van der Waals surface area contributed by atoms with Gasteiger partial charge in [-0.15, -0.1) is 0 Å². The zero-order valence-electron chi connectivity index (χ0n) is 12.2. The second kappa shape index (κ2) is 9.74. The first-order valence-corrected chi connectivity index (χ1v) is 8.08. The van der Waals surface area contributed by atoms with Crippen LogP contribution in [0.25, 0.3) is 0 Å². The maximum Gasteiger partial charge on any atom is -0.0103 e. The van der Waals surface area contributed by atoms with E-state index in [0.29, 0.717) is 0 Å². The van der Waals surface area contributed by atoms with E-state index in [4.69, 9.17) is 0 Å². The van der Waals surface area contributed by atoms with Crippen molar-refractivity contribution in [1.82, 2.24) is 0 Å². The van der Waals surface area contributed by atoms with Gasteiger partial charge in [0.05, 0.1) is 0 Å². The highest BCUT2D eigenvalue weighted by Gasteiger charge is 2.18. The van der Waals surface area contributed by atoms with Crippen LogP contribution in [0.15, 0.2) is 11.1 Å². The number of hydrogen-bond donors (Lipinski definition) is 0. The summed E-state index contributed by atoms with van der Waals surface area (Å²) in [4.78, 5) is 0. The second-order valence-electron chi connectivity index (χ2n) is 5.71. The van der Waals surface area contributed by atoms with Crippen LogP contribution in [-0.2, 0) is 0 Å². The van der Waals surface area contributed by atoms with E-state index in [9.17, 15) is 0 Å². The van der Waals surface area contributed by atoms with E-state index in [-0.39, 0.29) is 0 Å². The minimum atomic E-state index is 1.36. The third-order valence-electron chi connectivity index (χ3n) is 3.97. The Kier molecular flexibility index (Phi) is 8.48. The molecule has 0 aliphatic heterocycles. The van der Waals surface area contributed by atoms with Crippen LogP contribution in [0.1, 0.15) is 97.3 Å². The Morgan fingerprint density at radius 2 is 1.06 bits per heavy atom. The van der Waals surface area contributed by atoms with Crippen LogP contribution in [0, 0.1) is 0 Å². The van der Waals surface area contributed by atoms with E-state index in [1.54, 1.807) is 0 Å². The molecule has 1 rings (SSSR count). The minimum absolute atomic E-state index is 1.36. The molecule has 0 bridgehead atoms. The zero-order valence-corrected chi connectivity index (χ0v) is 12.2. The standard InChI is InChI=1S/C17H32/c1-3-5-7-8-9-10-11-12-14-17-15-16(17)13-6-4-2/h3-15H2,1-2H3. The van der Waals surface area contributed by atoms with Crippen molar-refractivity contribution >= 4 is 0 Å². The van der Waals surface area contributed by atoms with Crippen molar-refractivity contribution in [2.45, 2.75) is 97.3 Å². The van der Waals surface area contributed by atoms with Crippen molar-refractivity contribution in [3.05, 3.63) is 11.1 Å². The van der Waals surface area contributed by atoms with Crippen molar-refractivity contribution in [3.63, 3.8) is 0 Å². The van der Waals surface area contributed by atoms with Crippen LogP contribution in [-0.4, -0.2) is 0 Å². The van der Waals surface area contributed by atoms with Gasteiger partial charge >= 0.3 is 0 Å². The molecule has 0 radical (unpaired) electrons. The molecule has 0 saturated carbocycles. The average Bonchev–Trinajstić information content (AvgIpc) is 3.09. The van der Waals surface area contributed by atoms with Crippen LogP contribution >= 0.6 is 0 Å². The molecule has 0 unspecified atom stereocenters. The first-order valence-electron chi connectivity index (χ1n) is 8.08. The molecule has 0 spiro atoms. The van der Waals surface area contributed by atoms with Gasteiger partial charge in [-0.3, -0.25) is 0 Å². The minimum Gasteiger partial charge on any atom is -0.0666 e. The lowest BCUT2D eigenvalue weighted by molar-refractivity contribution is 0.576. The Hall–Kier alpha value is -0.260. The van der Waals surface area contributed by atoms with Gasteiger partial charge in [0.2, 0.25) is 0 Å². The lowest BCUT2D eigenvalue weighted by Crippen LogP contribution is -1.80. The van der Waals surface area contributed by atoms with Crippen LogP contribution in [0.3, 0.4) is 0 Å². The molecule has 0 amide bonds. The molecular weight excluding hydrogens is 204 g/mol. The van der Waals surface area contributed by atoms with Gasteiger partial charge in [0, 0.05) is 0 Å². The summed E-state index contributed by atoms with van der Waals surface area (Å²) in [5.74, 6) is 0. The maximum atomic E-state index is 2.29. The lowest BCUT2D eigenvalue weighted by Gasteiger charge is -2.00. The summed E-state index contributed by atoms with van der Waals surface area (Å²) in [6.07, 6.45) is 18.6. The van der Waals surface area contributed by atoms with Crippen LogP contribution in [0.2, 0.25) is 0 Å². The van der Waals surface area contributed by atoms with Gasteiger partial charge in [0.15, 0.2) is 0 Å². The third-order valence-corrected chi connectivity index (χ3v) is 3.97. The predicted octanol–water partition coefficient (Wildman–Crippen LogP) is 6.41. The SMILES string of the molecule is CCCCCCCCCCC1=C(CCCC)C1. The Morgan fingerprint density at radius 1 is 0.588 bits per heavy atom. The quantitative estimate of drug-likeness (QED) is 0.271. The molecule has 1 aliphatic carbocycles. The van der Waals surface area contributed by atoms with E-state index < -0.39 is 0 Å². The predicted molar refractivity (Wildman–Crippen MR) is 78.4 cm³/mol. The number of hydrogen-bond acceptors (Lipinski definition) is 0. The van der Waals surface area contributed by atoms with Crippen molar-refractivity contribution in [1.29, 1.82) is 0 Å². The number of rotatable bonds is 12. The molecule has 0 heterocycles. The number of unbranched alkanes of at least 4 members (excludes halogenated alkanes) is 8. The molecule has 0 nitrogen and oxygen atoms in total. The topological polar surface area (TPSA) is 0 Å². The molecule has 0 N–H and O–H groups in total. The molecule has 1 aliphatic rings. The van der Waals surface area contributed by atoms with Crippen LogP contribution in [0.5, 0.6) is 0 Å². The first-order chi connectivity index (χ1) is 8.38. The first kappa shape index (κ1) is 14.8. The highest BCUT2D eigenvalue weighted by molar-refractivity contribution is 5.34. The lowest BCUT2D eigenvalue weighted by atomic mass is 10.1. The summed E-state index contributed by atoms with van der Waals surface area (Å²) in [5.41, 5.74) is 3.64. The molecule has 0 heteroatoms. The fourth-order valence-corrected chi connectivity index (χ4v) is 2.61. The fourth-order valence-electron chi connectivity index (χ4n) is 2.61. The van der Waals surface area contributed by atoms with Gasteiger partial charge in [-0.05, 0) is 32.1 Å². The van der Waals surface area contributed by atoms with Gasteiger partial charge in [0.1, 0.15) is 0 Å². The largest absolute Gasteiger partial charge is 0.0666 e. The molecule has 0 fully saturated rings. The smallest absolute Gasteiger partial charge is 0.0103 e. The molecule has 0 aromatic heterocycles. The van der Waals surface area contributed by atoms with Crippen LogP contribution in [0.4, 0.5) is 0 Å². The van der Waals surface area contributed by atoms with Gasteiger partial charge in [-0.2, -0.15) is 0 Å². The zero-order chi connectivity index (χ0) is 12.3. The molecule has 17 heavy (non-hydrogen) atoms. The highest BCUT2D eigenvalue weighted by Crippen LogP contribution is 2.38. The molecule has 0 aromatic carbocycles. The van der Waals surface area contributed by atoms with E-state index >= 15 is 0 Å². The van der Waals surface area contributed by atoms with Gasteiger partial charge in [-0.25, -0.2) is 0 Å². The summed E-state index contributed by atoms with van der Waals surface area (Å²) in [6, 6.07) is 0. The Labute approximate surface area is 109 Å². The summed E-state index contributed by atoms with van der Waals surface area (Å²) < 4.78 is 0. The molecule has 0 aromatic rings. The van der Waals surface area contributed by atoms with Crippen LogP contribution < -0.4 is 0 Å². The summed E-state index contributed by atoms with van der Waals surface area (Å²) in [7, 11) is 0. The number of allylic oxidation sites excluding steroid dienone is 2. The monoisotopic (exact) mass is 236 g/mol. The maximum absolute atomic E-state index is 2.29. The van der Waals surface area contributed by atoms with Gasteiger partial charge in [-0.1, -0.05) is 76.4 Å². The van der Waals surface area contributed by atoms with Gasteiger partial charge in [0.25, 0.3) is 0 Å². The van der Waals surface area contributed by atoms with Crippen molar-refractivity contribution in [2.75, 3.05) is 0 Å². The highest BCUT2D eigenvalue weighted by atomic mass is 14.2. The van der Waals surface area contributed by atoms with E-state index in [1.165, 1.54) is 83.5 Å². The molecule has 0 atom stereocenters. The Bertz CT molecular complexity index is 212. The average molecular weight is 236 g/mol. The van der Waals surface area contributed by atoms with Crippen molar-refractivity contribution < 1.29 is 0 Å². The summed E-state index contributed by atoms with van der Waals surface area (Å²) in [5, 5.41) is 0. The molecular formula is C17H32. The Morgan fingerprint density at radius 3 is 1.65 bits per heavy atom. The third kappa shape index (κ3) is 7.63. The van der Waals surface area contributed by atoms with E-state index in [0.717, 1.165) is 0 Å². The van der Waals surface area contributed by atoms with E-state index in [2.05, 4.69) is 13.8 Å². The fraction of sp³-hybridized carbons (Fsp3) is 0.882. The second-order valence-corrected chi connectivity index (χ2v) is 5.71. The normalized spacial score (nSPS) is 14.5. The summed E-state index contributed by atoms with van der Waals surface area (Å²) in [6.45, 7) is 4.58.